The molecule has 0 bridgehead atoms. The van der Waals surface area contributed by atoms with Gasteiger partial charge in [0.25, 0.3) is 0 Å². The molecule has 1 aliphatic rings. The van der Waals surface area contributed by atoms with Gasteiger partial charge in [-0.3, -0.25) is 0 Å². The summed E-state index contributed by atoms with van der Waals surface area (Å²) < 4.78 is 0. The van der Waals surface area contributed by atoms with E-state index in [0.29, 0.717) is 22.3 Å². The molecule has 118 valence electrons. The summed E-state index contributed by atoms with van der Waals surface area (Å²) >= 11 is 12.2. The van der Waals surface area contributed by atoms with E-state index < -0.39 is 0 Å². The van der Waals surface area contributed by atoms with Gasteiger partial charge in [0.05, 0.1) is 5.69 Å². The highest BCUT2D eigenvalue weighted by atomic mass is 35.5. The molecule has 3 nitrogen and oxygen atoms in total. The highest BCUT2D eigenvalue weighted by Crippen LogP contribution is 2.29. The fourth-order valence-electron chi connectivity index (χ4n) is 3.13. The minimum Gasteiger partial charge on any atom is -0.380 e. The number of nitrogens with zero attached hydrogens (tertiary/aromatic N) is 2. The Balaban J connectivity index is 2.02. The second-order valence-electron chi connectivity index (χ2n) is 6.06. The van der Waals surface area contributed by atoms with Crippen LogP contribution in [0.2, 0.25) is 10.3 Å². The monoisotopic (exact) mass is 329 g/mol. The van der Waals surface area contributed by atoms with Gasteiger partial charge in [0, 0.05) is 12.6 Å². The van der Waals surface area contributed by atoms with Gasteiger partial charge < -0.3 is 10.2 Å². The number of nitrogens with one attached hydrogen (secondary N) is 1. The van der Waals surface area contributed by atoms with Gasteiger partial charge in [0.1, 0.15) is 5.15 Å². The number of piperidine rings is 1. The summed E-state index contributed by atoms with van der Waals surface area (Å²) in [7, 11) is 0. The lowest BCUT2D eigenvalue weighted by Gasteiger charge is -2.36. The molecule has 5 heteroatoms. The summed E-state index contributed by atoms with van der Waals surface area (Å²) in [4.78, 5) is 6.71. The molecule has 21 heavy (non-hydrogen) atoms. The Labute approximate surface area is 138 Å². The van der Waals surface area contributed by atoms with E-state index >= 15 is 0 Å². The van der Waals surface area contributed by atoms with Gasteiger partial charge in [-0.1, -0.05) is 30.1 Å². The van der Waals surface area contributed by atoms with Crippen LogP contribution in [0.4, 0.5) is 5.69 Å². The normalized spacial score (nSPS) is 21.3. The number of halogens is 2. The van der Waals surface area contributed by atoms with E-state index in [1.54, 1.807) is 0 Å². The first-order valence-corrected chi connectivity index (χ1v) is 8.58. The van der Waals surface area contributed by atoms with Crippen LogP contribution in [-0.4, -0.2) is 35.6 Å². The molecular weight excluding hydrogens is 305 g/mol. The minimum atomic E-state index is 0.379. The predicted octanol–water partition coefficient (Wildman–Crippen LogP) is 4.62. The maximum absolute atomic E-state index is 6.23. The van der Waals surface area contributed by atoms with Crippen LogP contribution < -0.4 is 5.32 Å². The maximum Gasteiger partial charge on any atom is 0.154 e. The third-order valence-electron chi connectivity index (χ3n) is 4.30. The van der Waals surface area contributed by atoms with Crippen molar-refractivity contribution in [1.82, 2.24) is 9.88 Å². The van der Waals surface area contributed by atoms with Crippen LogP contribution in [0.5, 0.6) is 0 Å². The molecule has 1 aliphatic heterocycles. The molecule has 1 aromatic rings. The molecule has 1 saturated heterocycles. The summed E-state index contributed by atoms with van der Waals surface area (Å²) in [5, 5.41) is 4.47. The number of aryl methyl sites for hydroxylation is 1. The first kappa shape index (κ1) is 16.9. The number of hydrogen-bond donors (Lipinski definition) is 1. The highest BCUT2D eigenvalue weighted by Gasteiger charge is 2.25. The van der Waals surface area contributed by atoms with E-state index in [2.05, 4.69) is 29.0 Å². The summed E-state index contributed by atoms with van der Waals surface area (Å²) in [5.41, 5.74) is 1.97. The lowest BCUT2D eigenvalue weighted by atomic mass is 9.91. The highest BCUT2D eigenvalue weighted by molar-refractivity contribution is 6.34. The van der Waals surface area contributed by atoms with Gasteiger partial charge in [0.2, 0.25) is 0 Å². The minimum absolute atomic E-state index is 0.379. The standard InChI is InChI=1S/C16H25Cl2N3/c1-4-7-21-8-5-6-13(10-21)12(3)19-15-11(2)9-14(17)20-16(15)18/h9,12-13,19H,4-8,10H2,1-3H3. The van der Waals surface area contributed by atoms with Crippen molar-refractivity contribution in [3.63, 3.8) is 0 Å². The largest absolute Gasteiger partial charge is 0.380 e. The second kappa shape index (κ2) is 7.66. The number of hydrogen-bond acceptors (Lipinski definition) is 3. The molecule has 2 atom stereocenters. The van der Waals surface area contributed by atoms with Gasteiger partial charge in [-0.2, -0.15) is 0 Å². The van der Waals surface area contributed by atoms with Gasteiger partial charge in [-0.05, 0) is 63.7 Å². The van der Waals surface area contributed by atoms with Gasteiger partial charge in [0.15, 0.2) is 5.15 Å². The quantitative estimate of drug-likeness (QED) is 0.799. The van der Waals surface area contributed by atoms with E-state index in [9.17, 15) is 0 Å². The van der Waals surface area contributed by atoms with E-state index in [4.69, 9.17) is 23.2 Å². The van der Waals surface area contributed by atoms with E-state index in [0.717, 1.165) is 11.3 Å². The van der Waals surface area contributed by atoms with Crippen molar-refractivity contribution < 1.29 is 0 Å². The molecule has 2 rings (SSSR count). The number of aromatic nitrogens is 1. The maximum atomic E-state index is 6.23. The van der Waals surface area contributed by atoms with Gasteiger partial charge >= 0.3 is 0 Å². The number of pyridine rings is 1. The molecule has 0 radical (unpaired) electrons. The average molecular weight is 330 g/mol. The van der Waals surface area contributed by atoms with Crippen LogP contribution in [-0.2, 0) is 0 Å². The third kappa shape index (κ3) is 4.48. The Hall–Kier alpha value is -0.510. The van der Waals surface area contributed by atoms with Crippen molar-refractivity contribution in [3.8, 4) is 0 Å². The Morgan fingerprint density at radius 3 is 2.90 bits per heavy atom. The van der Waals surface area contributed by atoms with Crippen LogP contribution >= 0.6 is 23.2 Å². The smallest absolute Gasteiger partial charge is 0.154 e. The van der Waals surface area contributed by atoms with Crippen LogP contribution in [0, 0.1) is 12.8 Å². The average Bonchev–Trinajstić information content (AvgIpc) is 2.43. The van der Waals surface area contributed by atoms with Crippen molar-refractivity contribution in [3.05, 3.63) is 21.9 Å². The van der Waals surface area contributed by atoms with Crippen molar-refractivity contribution in [1.29, 1.82) is 0 Å². The molecule has 1 N–H and O–H groups in total. The van der Waals surface area contributed by atoms with Crippen LogP contribution in [0.3, 0.4) is 0 Å². The molecule has 0 aromatic carbocycles. The van der Waals surface area contributed by atoms with Crippen molar-refractivity contribution in [2.75, 3.05) is 25.0 Å². The lowest BCUT2D eigenvalue weighted by molar-refractivity contribution is 0.165. The molecule has 0 aliphatic carbocycles. The molecule has 2 unspecified atom stereocenters. The predicted molar refractivity (Wildman–Crippen MR) is 91.5 cm³/mol. The first-order chi connectivity index (χ1) is 10.0. The van der Waals surface area contributed by atoms with Gasteiger partial charge in [-0.25, -0.2) is 4.98 Å². The molecule has 1 aromatic heterocycles. The molecule has 0 saturated carbocycles. The van der Waals surface area contributed by atoms with Crippen LogP contribution in [0.25, 0.3) is 0 Å². The van der Waals surface area contributed by atoms with E-state index in [1.807, 2.05) is 13.0 Å². The van der Waals surface area contributed by atoms with Crippen molar-refractivity contribution >= 4 is 28.9 Å². The lowest BCUT2D eigenvalue weighted by Crippen LogP contribution is -2.42. The summed E-state index contributed by atoms with van der Waals surface area (Å²) in [5.74, 6) is 0.649. The molecule has 0 amide bonds. The fraction of sp³-hybridized carbons (Fsp3) is 0.688. The summed E-state index contributed by atoms with van der Waals surface area (Å²) in [6.07, 6.45) is 3.77. The second-order valence-corrected chi connectivity index (χ2v) is 6.81. The topological polar surface area (TPSA) is 28.2 Å². The Kier molecular flexibility index (Phi) is 6.15. The number of likely N-dealkylation sites (tertiary alicyclic amines) is 1. The molecule has 2 heterocycles. The number of rotatable bonds is 5. The molecule has 0 spiro atoms. The Bertz CT molecular complexity index is 454. The van der Waals surface area contributed by atoms with E-state index in [1.165, 1.54) is 38.9 Å². The molecule has 1 fully saturated rings. The van der Waals surface area contributed by atoms with E-state index in [-0.39, 0.29) is 0 Å². The fourth-order valence-corrected chi connectivity index (χ4v) is 3.72. The summed E-state index contributed by atoms with van der Waals surface area (Å²) in [6.45, 7) is 10.1. The molecular formula is C16H25Cl2N3. The summed E-state index contributed by atoms with van der Waals surface area (Å²) in [6, 6.07) is 2.23. The van der Waals surface area contributed by atoms with Crippen molar-refractivity contribution in [2.45, 2.75) is 46.1 Å². The number of anilines is 1. The van der Waals surface area contributed by atoms with Crippen LogP contribution in [0.1, 0.15) is 38.7 Å². The zero-order valence-corrected chi connectivity index (χ0v) is 14.6. The van der Waals surface area contributed by atoms with Crippen molar-refractivity contribution in [2.24, 2.45) is 5.92 Å². The first-order valence-electron chi connectivity index (χ1n) is 7.82. The Morgan fingerprint density at radius 2 is 2.24 bits per heavy atom. The zero-order chi connectivity index (χ0) is 15.4. The Morgan fingerprint density at radius 1 is 1.48 bits per heavy atom. The SMILES string of the molecule is CCCN1CCCC(C(C)Nc2c(C)cc(Cl)nc2Cl)C1. The zero-order valence-electron chi connectivity index (χ0n) is 13.1. The van der Waals surface area contributed by atoms with Gasteiger partial charge in [-0.15, -0.1) is 0 Å². The van der Waals surface area contributed by atoms with Crippen LogP contribution in [0.15, 0.2) is 6.07 Å². The third-order valence-corrected chi connectivity index (χ3v) is 4.77.